The van der Waals surface area contributed by atoms with E-state index in [1.54, 1.807) is 6.07 Å². The highest BCUT2D eigenvalue weighted by atomic mass is 19.1. The lowest BCUT2D eigenvalue weighted by Gasteiger charge is -2.25. The number of nitrogens with zero attached hydrogens (tertiary/aromatic N) is 2. The highest BCUT2D eigenvalue weighted by molar-refractivity contribution is 6.32. The molecule has 6 heteroatoms. The van der Waals surface area contributed by atoms with Crippen molar-refractivity contribution < 1.29 is 13.9 Å². The van der Waals surface area contributed by atoms with E-state index in [1.807, 2.05) is 26.1 Å². The van der Waals surface area contributed by atoms with Crippen molar-refractivity contribution in [2.24, 2.45) is 5.92 Å². The second-order valence-electron chi connectivity index (χ2n) is 9.30. The molecule has 2 unspecified atom stereocenters. The second-order valence-corrected chi connectivity index (χ2v) is 9.30. The van der Waals surface area contributed by atoms with Crippen LogP contribution in [0.25, 0.3) is 11.1 Å². The number of benzene rings is 1. The minimum absolute atomic E-state index is 0.283. The maximum absolute atomic E-state index is 13.6. The summed E-state index contributed by atoms with van der Waals surface area (Å²) in [6.07, 6.45) is 4.97. The van der Waals surface area contributed by atoms with Crippen LogP contribution in [0.1, 0.15) is 45.2 Å². The maximum Gasteiger partial charge on any atom is 0.260 e. The number of fused-ring (bicyclic) bond motifs is 1. The van der Waals surface area contributed by atoms with E-state index < -0.39 is 5.60 Å². The fourth-order valence-corrected chi connectivity index (χ4v) is 4.94. The fraction of sp³-hybridized carbons (Fsp3) is 0.360. The largest absolute Gasteiger partial charge is 0.482 e. The number of nitrogens with one attached hydrogen (secondary N) is 1. The van der Waals surface area contributed by atoms with Crippen LogP contribution in [0.5, 0.6) is 0 Å². The Morgan fingerprint density at radius 1 is 1.23 bits per heavy atom. The summed E-state index contributed by atoms with van der Waals surface area (Å²) in [5.41, 5.74) is 2.85. The maximum atomic E-state index is 13.6. The van der Waals surface area contributed by atoms with Gasteiger partial charge in [-0.1, -0.05) is 6.92 Å². The molecule has 5 nitrogen and oxygen atoms in total. The first kappa shape index (κ1) is 19.8. The van der Waals surface area contributed by atoms with Crippen molar-refractivity contribution in [3.05, 3.63) is 65.3 Å². The number of amides is 1. The van der Waals surface area contributed by atoms with Crippen LogP contribution in [-0.2, 0) is 9.53 Å². The van der Waals surface area contributed by atoms with E-state index in [9.17, 15) is 9.18 Å². The second kappa shape index (κ2) is 6.94. The Kier molecular flexibility index (Phi) is 4.43. The van der Waals surface area contributed by atoms with E-state index in [0.717, 1.165) is 23.5 Å². The number of carbonyl (C=O) groups is 1. The van der Waals surface area contributed by atoms with Crippen LogP contribution in [-0.4, -0.2) is 29.1 Å². The minimum atomic E-state index is -0.621. The van der Waals surface area contributed by atoms with Gasteiger partial charge in [0, 0.05) is 35.5 Å². The van der Waals surface area contributed by atoms with Crippen molar-refractivity contribution in [3.63, 3.8) is 0 Å². The lowest BCUT2D eigenvalue weighted by molar-refractivity contribution is -0.111. The Morgan fingerprint density at radius 2 is 2.03 bits per heavy atom. The molecule has 1 aromatic carbocycles. The van der Waals surface area contributed by atoms with Gasteiger partial charge in [0.05, 0.1) is 11.3 Å². The zero-order chi connectivity index (χ0) is 21.9. The summed E-state index contributed by atoms with van der Waals surface area (Å²) < 4.78 is 19.8. The lowest BCUT2D eigenvalue weighted by Crippen LogP contribution is -2.27. The first-order valence-electron chi connectivity index (χ1n) is 10.7. The summed E-state index contributed by atoms with van der Waals surface area (Å²) >= 11 is 0. The van der Waals surface area contributed by atoms with Gasteiger partial charge in [0.2, 0.25) is 0 Å². The molecule has 1 saturated heterocycles. The standard InChI is InChI=1S/C25H26FN3O2/c1-14-9-15(2)29(13-14)22-8-5-16(12-27-22)19-11-21(31-25(19,3)4)23-18-7-6-17(26)10-20(18)28-24(23)30/h5-8,10-12,14-15H,9,13H2,1-4H3,(H,28,30)/b23-21+. The van der Waals surface area contributed by atoms with E-state index in [-0.39, 0.29) is 11.7 Å². The van der Waals surface area contributed by atoms with Gasteiger partial charge in [-0.15, -0.1) is 0 Å². The van der Waals surface area contributed by atoms with Crippen LogP contribution < -0.4 is 10.2 Å². The van der Waals surface area contributed by atoms with Crippen molar-refractivity contribution in [1.82, 2.24) is 4.98 Å². The van der Waals surface area contributed by atoms with Crippen LogP contribution in [0.2, 0.25) is 0 Å². The monoisotopic (exact) mass is 419 g/mol. The van der Waals surface area contributed by atoms with Crippen molar-refractivity contribution in [3.8, 4) is 0 Å². The number of pyridine rings is 1. The summed E-state index contributed by atoms with van der Waals surface area (Å²) in [5, 5.41) is 2.73. The Labute approximate surface area is 181 Å². The molecular formula is C25H26FN3O2. The normalized spacial score (nSPS) is 26.5. The highest BCUT2D eigenvalue weighted by Crippen LogP contribution is 2.44. The summed E-state index contributed by atoms with van der Waals surface area (Å²) in [6, 6.07) is 8.91. The van der Waals surface area contributed by atoms with E-state index in [2.05, 4.69) is 36.2 Å². The fourth-order valence-electron chi connectivity index (χ4n) is 4.94. The van der Waals surface area contributed by atoms with Crippen molar-refractivity contribution in [2.45, 2.75) is 45.8 Å². The Bertz CT molecular complexity index is 1130. The number of rotatable bonds is 2. The average molecular weight is 420 g/mol. The molecule has 0 radical (unpaired) electrons. The average Bonchev–Trinajstić information content (AvgIpc) is 3.32. The molecule has 5 rings (SSSR count). The van der Waals surface area contributed by atoms with Gasteiger partial charge in [-0.2, -0.15) is 0 Å². The molecule has 160 valence electrons. The lowest BCUT2D eigenvalue weighted by atomic mass is 9.93. The molecular weight excluding hydrogens is 393 g/mol. The number of halogens is 1. The third-order valence-electron chi connectivity index (χ3n) is 6.40. The third kappa shape index (κ3) is 3.30. The molecule has 2 aromatic rings. The molecule has 4 heterocycles. The van der Waals surface area contributed by atoms with Gasteiger partial charge in [-0.3, -0.25) is 4.79 Å². The van der Waals surface area contributed by atoms with Crippen molar-refractivity contribution in [2.75, 3.05) is 16.8 Å². The number of aromatic nitrogens is 1. The predicted octanol–water partition coefficient (Wildman–Crippen LogP) is 5.01. The number of carbonyl (C=O) groups excluding carboxylic acids is 1. The van der Waals surface area contributed by atoms with Crippen LogP contribution in [0, 0.1) is 11.7 Å². The number of anilines is 2. The summed E-state index contributed by atoms with van der Waals surface area (Å²) in [6.45, 7) is 9.49. The Hall–Kier alpha value is -3.15. The molecule has 31 heavy (non-hydrogen) atoms. The van der Waals surface area contributed by atoms with Crippen LogP contribution in [0.4, 0.5) is 15.9 Å². The molecule has 0 saturated carbocycles. The summed E-state index contributed by atoms with van der Waals surface area (Å²) in [5.74, 6) is 1.48. The van der Waals surface area contributed by atoms with E-state index in [1.165, 1.54) is 18.6 Å². The predicted molar refractivity (Wildman–Crippen MR) is 120 cm³/mol. The minimum Gasteiger partial charge on any atom is -0.482 e. The van der Waals surface area contributed by atoms with Crippen LogP contribution in [0.3, 0.4) is 0 Å². The van der Waals surface area contributed by atoms with E-state index in [4.69, 9.17) is 9.72 Å². The zero-order valence-corrected chi connectivity index (χ0v) is 18.2. The van der Waals surface area contributed by atoms with Gasteiger partial charge in [0.1, 0.15) is 23.0 Å². The number of allylic oxidation sites excluding steroid dienone is 1. The van der Waals surface area contributed by atoms with Gasteiger partial charge in [-0.05, 0) is 69.5 Å². The van der Waals surface area contributed by atoms with Gasteiger partial charge < -0.3 is 15.0 Å². The van der Waals surface area contributed by atoms with Gasteiger partial charge >= 0.3 is 0 Å². The van der Waals surface area contributed by atoms with Gasteiger partial charge in [-0.25, -0.2) is 9.37 Å². The van der Waals surface area contributed by atoms with Gasteiger partial charge in [0.15, 0.2) is 0 Å². The van der Waals surface area contributed by atoms with E-state index in [0.29, 0.717) is 34.5 Å². The van der Waals surface area contributed by atoms with E-state index >= 15 is 0 Å². The van der Waals surface area contributed by atoms with Crippen molar-refractivity contribution >= 4 is 28.6 Å². The van der Waals surface area contributed by atoms with Crippen molar-refractivity contribution in [1.29, 1.82) is 0 Å². The third-order valence-corrected chi connectivity index (χ3v) is 6.40. The summed E-state index contributed by atoms with van der Waals surface area (Å²) in [7, 11) is 0. The quantitative estimate of drug-likeness (QED) is 0.695. The summed E-state index contributed by atoms with van der Waals surface area (Å²) in [4.78, 5) is 19.7. The molecule has 1 aromatic heterocycles. The topological polar surface area (TPSA) is 54.5 Å². The number of hydrogen-bond acceptors (Lipinski definition) is 4. The highest BCUT2D eigenvalue weighted by Gasteiger charge is 2.38. The first-order chi connectivity index (χ1) is 14.7. The molecule has 2 atom stereocenters. The molecule has 0 bridgehead atoms. The molecule has 3 aliphatic heterocycles. The molecule has 1 N–H and O–H groups in total. The zero-order valence-electron chi connectivity index (χ0n) is 18.2. The smallest absolute Gasteiger partial charge is 0.260 e. The van der Waals surface area contributed by atoms with Crippen LogP contribution >= 0.6 is 0 Å². The number of ether oxygens (including phenoxy) is 1. The molecule has 3 aliphatic rings. The van der Waals surface area contributed by atoms with Gasteiger partial charge in [0.25, 0.3) is 5.91 Å². The number of hydrogen-bond donors (Lipinski definition) is 1. The molecule has 1 amide bonds. The molecule has 0 aliphatic carbocycles. The SMILES string of the molecule is CC1CC(C)N(c2ccc(C3=C/C(=C4\C(=O)Nc5cc(F)ccc54)OC3(C)C)cn2)C1. The first-order valence-corrected chi connectivity index (χ1v) is 10.7. The Balaban J connectivity index is 1.51. The van der Waals surface area contributed by atoms with Crippen LogP contribution in [0.15, 0.2) is 48.4 Å². The molecule has 1 fully saturated rings. The Morgan fingerprint density at radius 3 is 2.71 bits per heavy atom. The molecule has 0 spiro atoms.